The van der Waals surface area contributed by atoms with Crippen LogP contribution in [0.1, 0.15) is 32.3 Å². The van der Waals surface area contributed by atoms with Crippen molar-refractivity contribution in [2.75, 3.05) is 39.5 Å². The number of benzene rings is 3. The number of carbonyl (C=O) groups excluding carboxylic acids is 1. The number of carbonyl (C=O) groups is 2. The molecule has 0 fully saturated rings. The van der Waals surface area contributed by atoms with E-state index in [0.717, 1.165) is 24.2 Å². The van der Waals surface area contributed by atoms with Crippen LogP contribution < -0.4 is 14.2 Å². The molecule has 1 atom stereocenters. The second kappa shape index (κ2) is 17.6. The quantitative estimate of drug-likeness (QED) is 0.182. The minimum absolute atomic E-state index is 0.240. The smallest absolute Gasteiger partial charge is 0.415 e. The fourth-order valence-electron chi connectivity index (χ4n) is 3.81. The van der Waals surface area contributed by atoms with Crippen LogP contribution in [0.25, 0.3) is 0 Å². The maximum Gasteiger partial charge on any atom is 0.415 e. The van der Waals surface area contributed by atoms with E-state index in [9.17, 15) is 14.7 Å². The predicted molar refractivity (Wildman–Crippen MR) is 155 cm³/mol. The highest BCUT2D eigenvalue weighted by atomic mass is 16.6. The lowest BCUT2D eigenvalue weighted by molar-refractivity contribution is -0.149. The summed E-state index contributed by atoms with van der Waals surface area (Å²) in [6, 6.07) is 23.5. The highest BCUT2D eigenvalue weighted by Crippen LogP contribution is 2.24. The molecule has 3 aromatic rings. The number of nitrogens with zero attached hydrogens (tertiary/aromatic N) is 1. The molecule has 0 aliphatic carbocycles. The first kappa shape index (κ1) is 31.4. The van der Waals surface area contributed by atoms with Crippen LogP contribution in [-0.4, -0.2) is 67.7 Å². The lowest BCUT2D eigenvalue weighted by Crippen LogP contribution is -2.39. The predicted octanol–water partition coefficient (Wildman–Crippen LogP) is 6.21. The van der Waals surface area contributed by atoms with Gasteiger partial charge in [0.25, 0.3) is 0 Å². The molecule has 220 valence electrons. The average Bonchev–Trinajstić information content (AvgIpc) is 2.98. The lowest BCUT2D eigenvalue weighted by atomic mass is 10.1. The van der Waals surface area contributed by atoms with Crippen LogP contribution in [-0.2, 0) is 20.7 Å². The van der Waals surface area contributed by atoms with E-state index < -0.39 is 18.2 Å². The third-order valence-electron chi connectivity index (χ3n) is 6.03. The molecule has 0 aliphatic heterocycles. The summed E-state index contributed by atoms with van der Waals surface area (Å²) < 4.78 is 28.2. The Morgan fingerprint density at radius 3 is 2.07 bits per heavy atom. The highest BCUT2D eigenvalue weighted by Gasteiger charge is 2.18. The second-order valence-electron chi connectivity index (χ2n) is 9.19. The second-order valence-corrected chi connectivity index (χ2v) is 9.19. The summed E-state index contributed by atoms with van der Waals surface area (Å²) in [5.41, 5.74) is 0.827. The fourth-order valence-corrected chi connectivity index (χ4v) is 3.81. The van der Waals surface area contributed by atoms with Gasteiger partial charge >= 0.3 is 12.1 Å². The van der Waals surface area contributed by atoms with Gasteiger partial charge in [-0.05, 0) is 67.4 Å². The maximum absolute atomic E-state index is 13.0. The zero-order chi connectivity index (χ0) is 29.3. The molecule has 1 amide bonds. The number of para-hydroxylation sites is 1. The normalized spacial score (nSPS) is 11.5. The topological polar surface area (TPSA) is 104 Å². The van der Waals surface area contributed by atoms with Gasteiger partial charge in [0.15, 0.2) is 6.10 Å². The number of unbranched alkanes of at least 4 members (excludes halogenated alkanes) is 1. The van der Waals surface area contributed by atoms with Gasteiger partial charge in [-0.3, -0.25) is 0 Å². The van der Waals surface area contributed by atoms with Crippen LogP contribution >= 0.6 is 0 Å². The molecule has 1 unspecified atom stereocenters. The van der Waals surface area contributed by atoms with Gasteiger partial charge in [-0.2, -0.15) is 0 Å². The summed E-state index contributed by atoms with van der Waals surface area (Å²) in [7, 11) is 0. The van der Waals surface area contributed by atoms with Gasteiger partial charge in [-0.15, -0.1) is 0 Å². The number of carboxylic acid groups (broad SMARTS) is 1. The first-order valence-corrected chi connectivity index (χ1v) is 13.9. The maximum atomic E-state index is 13.0. The van der Waals surface area contributed by atoms with Crippen molar-refractivity contribution in [3.8, 4) is 23.0 Å². The van der Waals surface area contributed by atoms with Gasteiger partial charge in [0.2, 0.25) is 0 Å². The molecular weight excluding hydrogens is 526 g/mol. The molecule has 0 bridgehead atoms. The van der Waals surface area contributed by atoms with Crippen molar-refractivity contribution in [2.24, 2.45) is 0 Å². The van der Waals surface area contributed by atoms with E-state index in [1.165, 1.54) is 0 Å². The largest absolute Gasteiger partial charge is 0.492 e. The first-order valence-electron chi connectivity index (χ1n) is 13.9. The number of amides is 1. The Balaban J connectivity index is 1.53. The van der Waals surface area contributed by atoms with Gasteiger partial charge in [0.05, 0.1) is 13.2 Å². The molecule has 3 aromatic carbocycles. The van der Waals surface area contributed by atoms with E-state index in [2.05, 4.69) is 6.92 Å². The molecule has 1 N–H and O–H groups in total. The molecule has 0 heterocycles. The molecule has 0 aliphatic rings. The monoisotopic (exact) mass is 565 g/mol. The summed E-state index contributed by atoms with van der Waals surface area (Å²) in [6.45, 7) is 6.10. The van der Waals surface area contributed by atoms with Crippen molar-refractivity contribution in [1.82, 2.24) is 4.90 Å². The Labute approximate surface area is 241 Å². The van der Waals surface area contributed by atoms with Crippen molar-refractivity contribution in [3.63, 3.8) is 0 Å². The molecule has 0 saturated heterocycles. The Morgan fingerprint density at radius 2 is 1.41 bits per heavy atom. The van der Waals surface area contributed by atoms with E-state index >= 15 is 0 Å². The summed E-state index contributed by atoms with van der Waals surface area (Å²) in [6.07, 6.45) is 0.860. The molecule has 0 aromatic heterocycles. The van der Waals surface area contributed by atoms with Crippen molar-refractivity contribution < 1.29 is 38.4 Å². The van der Waals surface area contributed by atoms with Gasteiger partial charge < -0.3 is 33.7 Å². The van der Waals surface area contributed by atoms with Crippen LogP contribution in [0.2, 0.25) is 0 Å². The Morgan fingerprint density at radius 1 is 0.780 bits per heavy atom. The van der Waals surface area contributed by atoms with E-state index in [-0.39, 0.29) is 13.0 Å². The number of aliphatic carboxylic acids is 1. The average molecular weight is 566 g/mol. The molecule has 0 spiro atoms. The van der Waals surface area contributed by atoms with Gasteiger partial charge in [0.1, 0.15) is 29.6 Å². The number of ether oxygens (including phenoxy) is 5. The van der Waals surface area contributed by atoms with Gasteiger partial charge in [0, 0.05) is 26.2 Å². The lowest BCUT2D eigenvalue weighted by Gasteiger charge is -2.22. The molecule has 9 nitrogen and oxygen atoms in total. The van der Waals surface area contributed by atoms with Crippen LogP contribution in [0.5, 0.6) is 23.0 Å². The zero-order valence-electron chi connectivity index (χ0n) is 23.7. The van der Waals surface area contributed by atoms with E-state index in [1.807, 2.05) is 42.5 Å². The number of rotatable bonds is 18. The molecule has 0 radical (unpaired) electrons. The van der Waals surface area contributed by atoms with Gasteiger partial charge in [-0.1, -0.05) is 43.7 Å². The molecule has 9 heteroatoms. The summed E-state index contributed by atoms with van der Waals surface area (Å²) >= 11 is 0. The standard InChI is InChI=1S/C32H39NO8/c1-3-5-21-37-22-19-33(20-23-39-26-13-11-25(12-14-26)24-30(31(34)35)38-4-2)32(36)41-29-17-15-28(16-18-29)40-27-9-7-6-8-10-27/h6-18,30H,3-5,19-24H2,1-2H3,(H,34,35). The summed E-state index contributed by atoms with van der Waals surface area (Å²) in [5.74, 6) is 1.37. The van der Waals surface area contributed by atoms with E-state index in [4.69, 9.17) is 23.7 Å². The SMILES string of the molecule is CCCCOCCN(CCOc1ccc(CC(OCC)C(=O)O)cc1)C(=O)Oc1ccc(Oc2ccccc2)cc1. The zero-order valence-corrected chi connectivity index (χ0v) is 23.7. The van der Waals surface area contributed by atoms with Crippen molar-refractivity contribution in [1.29, 1.82) is 0 Å². The van der Waals surface area contributed by atoms with Crippen molar-refractivity contribution >= 4 is 12.1 Å². The number of hydrogen-bond donors (Lipinski definition) is 1. The van der Waals surface area contributed by atoms with Gasteiger partial charge in [-0.25, -0.2) is 9.59 Å². The minimum Gasteiger partial charge on any atom is -0.492 e. The summed E-state index contributed by atoms with van der Waals surface area (Å²) in [5, 5.41) is 9.29. The molecular formula is C32H39NO8. The third kappa shape index (κ3) is 11.5. The Bertz CT molecular complexity index is 1170. The fraction of sp³-hybridized carbons (Fsp3) is 0.375. The number of hydrogen-bond acceptors (Lipinski definition) is 7. The number of carboxylic acids is 1. The molecule has 3 rings (SSSR count). The Hall–Kier alpha value is -4.08. The molecule has 0 saturated carbocycles. The Kier molecular flexibility index (Phi) is 13.5. The van der Waals surface area contributed by atoms with Crippen molar-refractivity contribution in [2.45, 2.75) is 39.2 Å². The van der Waals surface area contributed by atoms with E-state index in [1.54, 1.807) is 48.2 Å². The van der Waals surface area contributed by atoms with Crippen LogP contribution in [0, 0.1) is 0 Å². The summed E-state index contributed by atoms with van der Waals surface area (Å²) in [4.78, 5) is 25.9. The van der Waals surface area contributed by atoms with E-state index in [0.29, 0.717) is 50.2 Å². The molecule has 41 heavy (non-hydrogen) atoms. The van der Waals surface area contributed by atoms with Crippen molar-refractivity contribution in [3.05, 3.63) is 84.4 Å². The van der Waals surface area contributed by atoms with Crippen LogP contribution in [0.4, 0.5) is 4.79 Å². The van der Waals surface area contributed by atoms with Crippen LogP contribution in [0.15, 0.2) is 78.9 Å². The highest BCUT2D eigenvalue weighted by molar-refractivity contribution is 5.72. The first-order chi connectivity index (χ1) is 20.0. The third-order valence-corrected chi connectivity index (χ3v) is 6.03. The van der Waals surface area contributed by atoms with Crippen LogP contribution in [0.3, 0.4) is 0 Å². The minimum atomic E-state index is -0.991.